The lowest BCUT2D eigenvalue weighted by molar-refractivity contribution is -0.137. The molecular formula is C17H17N3O6. The predicted octanol–water partition coefficient (Wildman–Crippen LogP) is 0.921. The average Bonchev–Trinajstić information content (AvgIpc) is 2.91. The van der Waals surface area contributed by atoms with Gasteiger partial charge in [-0.3, -0.25) is 9.56 Å². The van der Waals surface area contributed by atoms with Crippen LogP contribution in [0.15, 0.2) is 45.7 Å². The summed E-state index contributed by atoms with van der Waals surface area (Å²) in [6.45, 7) is 0. The number of imidazole rings is 1. The van der Waals surface area contributed by atoms with Gasteiger partial charge in [0.2, 0.25) is 5.88 Å². The highest BCUT2D eigenvalue weighted by Crippen LogP contribution is 2.26. The molecule has 2 rings (SSSR count). The van der Waals surface area contributed by atoms with E-state index >= 15 is 0 Å². The summed E-state index contributed by atoms with van der Waals surface area (Å²) in [6.07, 6.45) is 1.11. The molecule has 0 fully saturated rings. The Morgan fingerprint density at radius 2 is 1.77 bits per heavy atom. The lowest BCUT2D eigenvalue weighted by atomic mass is 10.1. The van der Waals surface area contributed by atoms with E-state index in [0.717, 1.165) is 25.0 Å². The maximum Gasteiger partial charge on any atom is 0.341 e. The molecule has 0 atom stereocenters. The summed E-state index contributed by atoms with van der Waals surface area (Å²) < 4.78 is 10.3. The zero-order chi connectivity index (χ0) is 19.3. The van der Waals surface area contributed by atoms with E-state index in [-0.39, 0.29) is 16.8 Å². The number of aromatic amines is 1. The van der Waals surface area contributed by atoms with E-state index in [4.69, 9.17) is 4.74 Å². The van der Waals surface area contributed by atoms with Crippen LogP contribution in [-0.2, 0) is 26.1 Å². The first-order valence-corrected chi connectivity index (χ1v) is 7.39. The molecule has 0 aliphatic rings. The van der Waals surface area contributed by atoms with Gasteiger partial charge in [0.15, 0.2) is 0 Å². The van der Waals surface area contributed by atoms with Crippen molar-refractivity contribution in [2.75, 3.05) is 14.2 Å². The van der Waals surface area contributed by atoms with Crippen molar-refractivity contribution in [2.45, 2.75) is 0 Å². The molecule has 0 amide bonds. The number of methoxy groups -OCH3 is 2. The van der Waals surface area contributed by atoms with Gasteiger partial charge in [-0.2, -0.15) is 0 Å². The number of rotatable bonds is 5. The fourth-order valence-electron chi connectivity index (χ4n) is 2.12. The van der Waals surface area contributed by atoms with Crippen LogP contribution in [0, 0.1) is 0 Å². The van der Waals surface area contributed by atoms with Crippen molar-refractivity contribution >= 4 is 29.4 Å². The lowest BCUT2D eigenvalue weighted by Gasteiger charge is -2.08. The fourth-order valence-corrected chi connectivity index (χ4v) is 2.12. The molecule has 2 aromatic rings. The number of benzene rings is 1. The van der Waals surface area contributed by atoms with Gasteiger partial charge in [0.05, 0.1) is 25.5 Å². The highest BCUT2D eigenvalue weighted by molar-refractivity contribution is 6.30. The van der Waals surface area contributed by atoms with Crippen LogP contribution in [0.1, 0.15) is 5.69 Å². The molecule has 0 bridgehead atoms. The summed E-state index contributed by atoms with van der Waals surface area (Å²) in [6, 6.07) is 8.66. The van der Waals surface area contributed by atoms with E-state index in [1.165, 1.54) is 7.05 Å². The van der Waals surface area contributed by atoms with Gasteiger partial charge in [0.1, 0.15) is 11.3 Å². The van der Waals surface area contributed by atoms with Gasteiger partial charge in [-0.25, -0.2) is 14.4 Å². The maximum atomic E-state index is 12.3. The van der Waals surface area contributed by atoms with Crippen LogP contribution in [0.5, 0.6) is 5.88 Å². The van der Waals surface area contributed by atoms with Gasteiger partial charge in [0.25, 0.3) is 0 Å². The number of carbonyl (C=O) groups excluding carboxylic acids is 2. The molecule has 9 heteroatoms. The quantitative estimate of drug-likeness (QED) is 0.465. The number of esters is 2. The molecular weight excluding hydrogens is 342 g/mol. The number of aliphatic imine (C=N–C) groups is 1. The Balaban J connectivity index is 2.73. The van der Waals surface area contributed by atoms with Gasteiger partial charge < -0.3 is 19.6 Å². The van der Waals surface area contributed by atoms with Crippen LogP contribution in [0.4, 0.5) is 5.69 Å². The molecule has 0 radical (unpaired) electrons. The van der Waals surface area contributed by atoms with Crippen LogP contribution in [0.2, 0.25) is 0 Å². The molecule has 0 aliphatic carbocycles. The van der Waals surface area contributed by atoms with Crippen molar-refractivity contribution in [3.05, 3.63) is 52.1 Å². The first kappa shape index (κ1) is 18.7. The van der Waals surface area contributed by atoms with E-state index in [9.17, 15) is 19.5 Å². The topological polar surface area (TPSA) is 123 Å². The summed E-state index contributed by atoms with van der Waals surface area (Å²) in [5.41, 5.74) is -1.11. The molecule has 1 heterocycles. The third-order valence-electron chi connectivity index (χ3n) is 3.49. The van der Waals surface area contributed by atoms with Crippen LogP contribution in [-0.4, -0.2) is 47.0 Å². The van der Waals surface area contributed by atoms with E-state index in [0.29, 0.717) is 5.69 Å². The number of aromatic hydroxyl groups is 1. The second-order valence-electron chi connectivity index (χ2n) is 5.05. The molecule has 9 nitrogen and oxygen atoms in total. The number of nitrogens with zero attached hydrogens (tertiary/aromatic N) is 2. The minimum absolute atomic E-state index is 0.274. The zero-order valence-electron chi connectivity index (χ0n) is 14.3. The minimum atomic E-state index is -0.956. The minimum Gasteiger partial charge on any atom is -0.493 e. The number of nitrogens with one attached hydrogen (secondary N) is 1. The Morgan fingerprint density at radius 3 is 2.27 bits per heavy atom. The van der Waals surface area contributed by atoms with E-state index in [1.54, 1.807) is 30.3 Å². The van der Waals surface area contributed by atoms with Gasteiger partial charge in [-0.05, 0) is 12.1 Å². The Kier molecular flexibility index (Phi) is 5.74. The van der Waals surface area contributed by atoms with Crippen molar-refractivity contribution < 1.29 is 24.2 Å². The monoisotopic (exact) mass is 359 g/mol. The molecule has 2 N–H and O–H groups in total. The van der Waals surface area contributed by atoms with Crippen LogP contribution in [0.25, 0.3) is 5.57 Å². The Hall–Kier alpha value is -3.62. The first-order chi connectivity index (χ1) is 12.4. The van der Waals surface area contributed by atoms with Crippen molar-refractivity contribution in [3.63, 3.8) is 0 Å². The van der Waals surface area contributed by atoms with E-state index in [1.807, 2.05) is 0 Å². The van der Waals surface area contributed by atoms with Crippen molar-refractivity contribution in [1.82, 2.24) is 9.55 Å². The molecule has 0 unspecified atom stereocenters. The molecule has 0 spiro atoms. The summed E-state index contributed by atoms with van der Waals surface area (Å²) >= 11 is 0. The second-order valence-corrected chi connectivity index (χ2v) is 5.05. The molecule has 136 valence electrons. The molecule has 26 heavy (non-hydrogen) atoms. The highest BCUT2D eigenvalue weighted by atomic mass is 16.5. The standard InChI is InChI=1S/C17H17N3O6/c1-20-14(21)13(19-17(20)24)12(16(23)26-3)11(15(22)25-2)9-18-10-7-5-4-6-8-10/h4-9,21H,1-3H3,(H,19,24)/b12-11-,18-9?. The third kappa shape index (κ3) is 3.72. The van der Waals surface area contributed by atoms with Crippen LogP contribution in [0.3, 0.4) is 0 Å². The highest BCUT2D eigenvalue weighted by Gasteiger charge is 2.28. The van der Waals surface area contributed by atoms with Crippen molar-refractivity contribution in [3.8, 4) is 5.88 Å². The zero-order valence-corrected chi connectivity index (χ0v) is 14.3. The molecule has 1 aromatic heterocycles. The maximum absolute atomic E-state index is 12.3. The Morgan fingerprint density at radius 1 is 1.15 bits per heavy atom. The summed E-state index contributed by atoms with van der Waals surface area (Å²) in [5.74, 6) is -2.39. The predicted molar refractivity (Wildman–Crippen MR) is 93.2 cm³/mol. The van der Waals surface area contributed by atoms with Gasteiger partial charge in [-0.1, -0.05) is 18.2 Å². The average molecular weight is 359 g/mol. The van der Waals surface area contributed by atoms with Crippen LogP contribution < -0.4 is 5.69 Å². The molecule has 0 saturated heterocycles. The number of aromatic nitrogens is 2. The van der Waals surface area contributed by atoms with Crippen molar-refractivity contribution in [1.29, 1.82) is 0 Å². The number of para-hydroxylation sites is 1. The van der Waals surface area contributed by atoms with Gasteiger partial charge >= 0.3 is 17.6 Å². The largest absolute Gasteiger partial charge is 0.493 e. The first-order valence-electron chi connectivity index (χ1n) is 7.39. The number of ether oxygens (including phenoxy) is 2. The lowest BCUT2D eigenvalue weighted by Crippen LogP contribution is -2.16. The van der Waals surface area contributed by atoms with E-state index in [2.05, 4.69) is 14.7 Å². The third-order valence-corrected chi connectivity index (χ3v) is 3.49. The number of hydrogen-bond acceptors (Lipinski definition) is 7. The summed E-state index contributed by atoms with van der Waals surface area (Å²) in [7, 11) is 3.52. The van der Waals surface area contributed by atoms with Crippen molar-refractivity contribution in [2.24, 2.45) is 12.0 Å². The van der Waals surface area contributed by atoms with Crippen LogP contribution >= 0.6 is 0 Å². The SMILES string of the molecule is COC(=O)/C(C=Nc1ccccc1)=C(\C(=O)OC)c1[nH]c(=O)n(C)c1O. The van der Waals surface area contributed by atoms with Gasteiger partial charge in [-0.15, -0.1) is 0 Å². The smallest absolute Gasteiger partial charge is 0.341 e. The normalized spacial score (nSPS) is 12.0. The molecule has 1 aromatic carbocycles. The second kappa shape index (κ2) is 7.97. The fraction of sp³-hybridized carbons (Fsp3) is 0.176. The number of H-pyrrole nitrogens is 1. The van der Waals surface area contributed by atoms with Gasteiger partial charge in [0, 0.05) is 13.3 Å². The molecule has 0 aliphatic heterocycles. The summed E-state index contributed by atoms with van der Waals surface area (Å²) in [4.78, 5) is 42.7. The summed E-state index contributed by atoms with van der Waals surface area (Å²) in [5, 5.41) is 10.1. The number of hydrogen-bond donors (Lipinski definition) is 2. The molecule has 0 saturated carbocycles. The van der Waals surface area contributed by atoms with E-state index < -0.39 is 23.5 Å². The Labute approximate surface area is 148 Å². The number of carbonyl (C=O) groups is 2. The Bertz CT molecular complexity index is 937.